The molecule has 0 amide bonds. The minimum Gasteiger partial charge on any atom is -0.492 e. The second-order valence-corrected chi connectivity index (χ2v) is 4.68. The van der Waals surface area contributed by atoms with Crippen LogP contribution in [0.2, 0.25) is 0 Å². The lowest BCUT2D eigenvalue weighted by atomic mass is 9.87. The number of carbonyl (C=O) groups is 1. The molecule has 94 valence electrons. The maximum absolute atomic E-state index is 10.9. The Balaban J connectivity index is 2.15. The van der Waals surface area contributed by atoms with Crippen LogP contribution in [0.1, 0.15) is 33.1 Å². The molecule has 0 saturated heterocycles. The van der Waals surface area contributed by atoms with Gasteiger partial charge in [-0.3, -0.25) is 9.78 Å². The van der Waals surface area contributed by atoms with Crippen molar-refractivity contribution in [3.05, 3.63) is 24.5 Å². The largest absolute Gasteiger partial charge is 0.492 e. The highest BCUT2D eigenvalue weighted by Gasteiger charge is 2.25. The highest BCUT2D eigenvalue weighted by molar-refractivity contribution is 5.73. The van der Waals surface area contributed by atoms with Gasteiger partial charge in [-0.1, -0.05) is 0 Å². The van der Waals surface area contributed by atoms with Gasteiger partial charge in [-0.15, -0.1) is 0 Å². The highest BCUT2D eigenvalue weighted by Crippen LogP contribution is 2.23. The summed E-state index contributed by atoms with van der Waals surface area (Å²) in [6, 6.07) is 3.68. The van der Waals surface area contributed by atoms with Crippen LogP contribution in [0.25, 0.3) is 0 Å². The number of aromatic nitrogens is 1. The molecule has 1 aromatic rings. The molecule has 0 unspecified atom stereocenters. The van der Waals surface area contributed by atoms with E-state index < -0.39 is 11.4 Å². The Morgan fingerprint density at radius 2 is 2.24 bits per heavy atom. The van der Waals surface area contributed by atoms with Gasteiger partial charge in [0.15, 0.2) is 0 Å². The summed E-state index contributed by atoms with van der Waals surface area (Å²) in [6.45, 7) is 4.09. The van der Waals surface area contributed by atoms with Gasteiger partial charge in [0.25, 0.3) is 0 Å². The highest BCUT2D eigenvalue weighted by atomic mass is 16.5. The van der Waals surface area contributed by atoms with E-state index in [4.69, 9.17) is 9.84 Å². The van der Waals surface area contributed by atoms with E-state index in [9.17, 15) is 4.79 Å². The van der Waals surface area contributed by atoms with Gasteiger partial charge >= 0.3 is 5.97 Å². The van der Waals surface area contributed by atoms with Crippen LogP contribution in [0.5, 0.6) is 5.75 Å². The predicted molar refractivity (Wildman–Crippen MR) is 65.0 cm³/mol. The molecule has 17 heavy (non-hydrogen) atoms. The van der Waals surface area contributed by atoms with E-state index >= 15 is 0 Å². The molecule has 0 atom stereocenters. The van der Waals surface area contributed by atoms with Crippen molar-refractivity contribution in [1.29, 1.82) is 0 Å². The van der Waals surface area contributed by atoms with Gasteiger partial charge < -0.3 is 9.84 Å². The second kappa shape index (κ2) is 6.23. The zero-order valence-corrected chi connectivity index (χ0v) is 10.3. The lowest BCUT2D eigenvalue weighted by Crippen LogP contribution is -2.23. The normalized spacial score (nSPS) is 11.2. The summed E-state index contributed by atoms with van der Waals surface area (Å²) < 4.78 is 5.47. The number of carboxylic acid groups (broad SMARTS) is 1. The van der Waals surface area contributed by atoms with Crippen molar-refractivity contribution in [3.63, 3.8) is 0 Å². The first kappa shape index (κ1) is 13.5. The third kappa shape index (κ3) is 4.85. The Kier molecular flexibility index (Phi) is 4.94. The number of hydrogen-bond donors (Lipinski definition) is 1. The van der Waals surface area contributed by atoms with Gasteiger partial charge in [0.2, 0.25) is 0 Å². The predicted octanol–water partition coefficient (Wildman–Crippen LogP) is 2.74. The fraction of sp³-hybridized carbons (Fsp3) is 0.538. The number of unbranched alkanes of at least 4 members (excludes halogenated alkanes) is 1. The summed E-state index contributed by atoms with van der Waals surface area (Å²) in [6.07, 6.45) is 5.73. The summed E-state index contributed by atoms with van der Waals surface area (Å²) in [5.74, 6) is 0.00988. The second-order valence-electron chi connectivity index (χ2n) is 4.68. The fourth-order valence-electron chi connectivity index (χ4n) is 1.40. The third-order valence-corrected chi connectivity index (χ3v) is 2.68. The van der Waals surface area contributed by atoms with Crippen LogP contribution in [0.4, 0.5) is 0 Å². The number of pyridine rings is 1. The molecule has 1 rings (SSSR count). The average Bonchev–Trinajstić information content (AvgIpc) is 2.29. The molecule has 1 heterocycles. The summed E-state index contributed by atoms with van der Waals surface area (Å²) >= 11 is 0. The number of carboxylic acids is 1. The first-order valence-corrected chi connectivity index (χ1v) is 5.78. The minimum atomic E-state index is -0.745. The van der Waals surface area contributed by atoms with E-state index in [0.717, 1.165) is 18.6 Å². The van der Waals surface area contributed by atoms with Crippen LogP contribution in [-0.4, -0.2) is 22.7 Å². The van der Waals surface area contributed by atoms with Gasteiger partial charge in [0.1, 0.15) is 5.75 Å². The van der Waals surface area contributed by atoms with Crippen LogP contribution < -0.4 is 4.74 Å². The lowest BCUT2D eigenvalue weighted by Gasteiger charge is -2.18. The van der Waals surface area contributed by atoms with Crippen molar-refractivity contribution < 1.29 is 14.6 Å². The van der Waals surface area contributed by atoms with Gasteiger partial charge in [-0.2, -0.15) is 0 Å². The summed E-state index contributed by atoms with van der Waals surface area (Å²) in [5, 5.41) is 8.94. The summed E-state index contributed by atoms with van der Waals surface area (Å²) in [5.41, 5.74) is -0.645. The van der Waals surface area contributed by atoms with Crippen LogP contribution in [-0.2, 0) is 4.79 Å². The maximum Gasteiger partial charge on any atom is 0.309 e. The molecule has 0 aliphatic rings. The molecule has 0 aliphatic heterocycles. The maximum atomic E-state index is 10.9. The molecule has 1 N–H and O–H groups in total. The SMILES string of the molecule is CC(C)(CCCCOc1cccnc1)C(=O)O. The van der Waals surface area contributed by atoms with E-state index in [0.29, 0.717) is 13.0 Å². The van der Waals surface area contributed by atoms with Crippen molar-refractivity contribution in [3.8, 4) is 5.75 Å². The van der Waals surface area contributed by atoms with Gasteiger partial charge in [0.05, 0.1) is 18.2 Å². The van der Waals surface area contributed by atoms with E-state index in [2.05, 4.69) is 4.98 Å². The zero-order valence-electron chi connectivity index (χ0n) is 10.3. The zero-order chi connectivity index (χ0) is 12.7. The Bertz CT molecular complexity index is 349. The topological polar surface area (TPSA) is 59.4 Å². The van der Waals surface area contributed by atoms with Crippen LogP contribution in [0.15, 0.2) is 24.5 Å². The number of hydrogen-bond acceptors (Lipinski definition) is 3. The molecule has 0 spiro atoms. The van der Waals surface area contributed by atoms with E-state index in [1.165, 1.54) is 0 Å². The van der Waals surface area contributed by atoms with Gasteiger partial charge in [0, 0.05) is 6.20 Å². The van der Waals surface area contributed by atoms with Gasteiger partial charge in [-0.25, -0.2) is 0 Å². The molecule has 0 saturated carbocycles. The Morgan fingerprint density at radius 1 is 1.47 bits per heavy atom. The molecular formula is C13H19NO3. The first-order chi connectivity index (χ1) is 8.02. The fourth-order valence-corrected chi connectivity index (χ4v) is 1.40. The third-order valence-electron chi connectivity index (χ3n) is 2.68. The molecule has 4 heteroatoms. The molecule has 0 aliphatic carbocycles. The standard InChI is InChI=1S/C13H19NO3/c1-13(2,12(15)16)7-3-4-9-17-11-6-5-8-14-10-11/h5-6,8,10H,3-4,7,9H2,1-2H3,(H,15,16). The van der Waals surface area contributed by atoms with Crippen molar-refractivity contribution in [2.45, 2.75) is 33.1 Å². The van der Waals surface area contributed by atoms with Crippen molar-refractivity contribution in [2.24, 2.45) is 5.41 Å². The summed E-state index contributed by atoms with van der Waals surface area (Å²) in [7, 11) is 0. The Hall–Kier alpha value is -1.58. The Labute approximate surface area is 102 Å². The smallest absolute Gasteiger partial charge is 0.309 e. The van der Waals surface area contributed by atoms with E-state index in [-0.39, 0.29) is 0 Å². The van der Waals surface area contributed by atoms with Crippen molar-refractivity contribution >= 4 is 5.97 Å². The summed E-state index contributed by atoms with van der Waals surface area (Å²) in [4.78, 5) is 14.8. The van der Waals surface area contributed by atoms with Crippen molar-refractivity contribution in [1.82, 2.24) is 4.98 Å². The molecule has 4 nitrogen and oxygen atoms in total. The van der Waals surface area contributed by atoms with Crippen LogP contribution in [0, 0.1) is 5.41 Å². The minimum absolute atomic E-state index is 0.599. The molecule has 0 fully saturated rings. The van der Waals surface area contributed by atoms with Crippen LogP contribution >= 0.6 is 0 Å². The number of rotatable bonds is 7. The lowest BCUT2D eigenvalue weighted by molar-refractivity contribution is -0.147. The van der Waals surface area contributed by atoms with E-state index in [1.807, 2.05) is 12.1 Å². The molecular weight excluding hydrogens is 218 g/mol. The van der Waals surface area contributed by atoms with Gasteiger partial charge in [-0.05, 0) is 45.2 Å². The Morgan fingerprint density at radius 3 is 2.82 bits per heavy atom. The number of nitrogens with zero attached hydrogens (tertiary/aromatic N) is 1. The number of ether oxygens (including phenoxy) is 1. The average molecular weight is 237 g/mol. The monoisotopic (exact) mass is 237 g/mol. The molecule has 0 aromatic carbocycles. The van der Waals surface area contributed by atoms with Crippen LogP contribution in [0.3, 0.4) is 0 Å². The van der Waals surface area contributed by atoms with E-state index in [1.54, 1.807) is 26.2 Å². The van der Waals surface area contributed by atoms with Crippen molar-refractivity contribution in [2.75, 3.05) is 6.61 Å². The molecule has 0 bridgehead atoms. The molecule has 0 radical (unpaired) electrons. The molecule has 1 aromatic heterocycles. The number of aliphatic carboxylic acids is 1. The first-order valence-electron chi connectivity index (χ1n) is 5.78. The quantitative estimate of drug-likeness (QED) is 0.741.